The van der Waals surface area contributed by atoms with Gasteiger partial charge >= 0.3 is 6.18 Å². The summed E-state index contributed by atoms with van der Waals surface area (Å²) in [7, 11) is 0. The van der Waals surface area contributed by atoms with Crippen molar-refractivity contribution < 1.29 is 17.6 Å². The summed E-state index contributed by atoms with van der Waals surface area (Å²) >= 11 is 0. The van der Waals surface area contributed by atoms with E-state index >= 15 is 0 Å². The first kappa shape index (κ1) is 14.1. The van der Waals surface area contributed by atoms with Crippen molar-refractivity contribution >= 4 is 17.2 Å². The number of pyridine rings is 1. The zero-order valence-electron chi connectivity index (χ0n) is 10.4. The van der Waals surface area contributed by atoms with Crippen LogP contribution < -0.4 is 11.1 Å². The maximum atomic E-state index is 13.3. The van der Waals surface area contributed by atoms with Crippen LogP contribution in [-0.4, -0.2) is 4.98 Å². The van der Waals surface area contributed by atoms with Gasteiger partial charge in [0.05, 0.1) is 22.6 Å². The number of alkyl halides is 3. The Hall–Kier alpha value is -2.31. The molecule has 0 aliphatic carbocycles. The molecule has 7 heteroatoms. The lowest BCUT2D eigenvalue weighted by atomic mass is 10.1. The number of nitrogen functional groups attached to an aromatic ring is 1. The minimum absolute atomic E-state index is 0.133. The fourth-order valence-corrected chi connectivity index (χ4v) is 1.71. The van der Waals surface area contributed by atoms with Gasteiger partial charge in [-0.25, -0.2) is 9.37 Å². The van der Waals surface area contributed by atoms with E-state index in [1.54, 1.807) is 0 Å². The second kappa shape index (κ2) is 4.99. The third-order valence-electron chi connectivity index (χ3n) is 2.70. The highest BCUT2D eigenvalue weighted by molar-refractivity contribution is 5.66. The van der Waals surface area contributed by atoms with Crippen molar-refractivity contribution in [1.29, 1.82) is 0 Å². The molecule has 0 radical (unpaired) electrons. The Balaban J connectivity index is 2.43. The van der Waals surface area contributed by atoms with E-state index in [9.17, 15) is 17.6 Å². The zero-order chi connectivity index (χ0) is 14.9. The van der Waals surface area contributed by atoms with Crippen LogP contribution in [-0.2, 0) is 6.18 Å². The van der Waals surface area contributed by atoms with Crippen LogP contribution in [0.5, 0.6) is 0 Å². The van der Waals surface area contributed by atoms with Gasteiger partial charge in [0, 0.05) is 6.07 Å². The number of nitrogens with two attached hydrogens (primary N) is 1. The molecule has 0 bridgehead atoms. The van der Waals surface area contributed by atoms with Crippen molar-refractivity contribution in [2.75, 3.05) is 11.1 Å². The van der Waals surface area contributed by atoms with Gasteiger partial charge in [0.25, 0.3) is 0 Å². The number of nitrogens with zero attached hydrogens (tertiary/aromatic N) is 1. The van der Waals surface area contributed by atoms with Gasteiger partial charge in [0.15, 0.2) is 11.6 Å². The predicted molar refractivity (Wildman–Crippen MR) is 68.1 cm³/mol. The number of halogens is 4. The van der Waals surface area contributed by atoms with Gasteiger partial charge in [-0.15, -0.1) is 0 Å². The van der Waals surface area contributed by atoms with Crippen LogP contribution in [0.4, 0.5) is 34.8 Å². The quantitative estimate of drug-likeness (QED) is 0.823. The summed E-state index contributed by atoms with van der Waals surface area (Å²) < 4.78 is 51.9. The van der Waals surface area contributed by atoms with E-state index < -0.39 is 17.6 Å². The van der Waals surface area contributed by atoms with Crippen LogP contribution in [0.2, 0.25) is 0 Å². The SMILES string of the molecule is Cc1nc(N)c(F)cc1Nc1ccccc1C(F)(F)F. The van der Waals surface area contributed by atoms with E-state index in [1.165, 1.54) is 25.1 Å². The van der Waals surface area contributed by atoms with E-state index in [4.69, 9.17) is 5.73 Å². The van der Waals surface area contributed by atoms with Crippen LogP contribution in [0.3, 0.4) is 0 Å². The lowest BCUT2D eigenvalue weighted by Gasteiger charge is -2.15. The number of anilines is 3. The van der Waals surface area contributed by atoms with Crippen molar-refractivity contribution in [3.05, 3.63) is 47.4 Å². The molecule has 0 atom stereocenters. The molecule has 1 aromatic heterocycles. The largest absolute Gasteiger partial charge is 0.418 e. The van der Waals surface area contributed by atoms with Crippen LogP contribution in [0.25, 0.3) is 0 Å². The highest BCUT2D eigenvalue weighted by Crippen LogP contribution is 2.36. The molecule has 0 spiro atoms. The van der Waals surface area contributed by atoms with E-state index in [0.717, 1.165) is 12.1 Å². The number of nitrogens with one attached hydrogen (secondary N) is 1. The molecule has 20 heavy (non-hydrogen) atoms. The zero-order valence-corrected chi connectivity index (χ0v) is 10.4. The number of aryl methyl sites for hydroxylation is 1. The minimum Gasteiger partial charge on any atom is -0.381 e. The Bertz CT molecular complexity index is 638. The van der Waals surface area contributed by atoms with Gasteiger partial charge in [-0.2, -0.15) is 13.2 Å². The Labute approximate surface area is 112 Å². The average Bonchev–Trinajstić information content (AvgIpc) is 2.35. The molecule has 3 N–H and O–H groups in total. The molecule has 0 aliphatic rings. The number of para-hydroxylation sites is 1. The summed E-state index contributed by atoms with van der Waals surface area (Å²) in [5.74, 6) is -1.08. The molecule has 0 saturated carbocycles. The van der Waals surface area contributed by atoms with Gasteiger partial charge in [-0.1, -0.05) is 12.1 Å². The molecule has 0 saturated heterocycles. The average molecular weight is 285 g/mol. The van der Waals surface area contributed by atoms with Crippen molar-refractivity contribution in [1.82, 2.24) is 4.98 Å². The maximum absolute atomic E-state index is 13.3. The molecular weight excluding hydrogens is 274 g/mol. The molecular formula is C13H11F4N3. The van der Waals surface area contributed by atoms with Crippen LogP contribution in [0, 0.1) is 12.7 Å². The van der Waals surface area contributed by atoms with Gasteiger partial charge in [0.1, 0.15) is 0 Å². The third kappa shape index (κ3) is 2.81. The summed E-state index contributed by atoms with van der Waals surface area (Å²) in [4.78, 5) is 3.72. The lowest BCUT2D eigenvalue weighted by Crippen LogP contribution is -2.09. The van der Waals surface area contributed by atoms with Crippen LogP contribution in [0.1, 0.15) is 11.3 Å². The third-order valence-corrected chi connectivity index (χ3v) is 2.70. The standard InChI is InChI=1S/C13H11F4N3/c1-7-11(6-9(14)12(18)19-7)20-10-5-3-2-4-8(10)13(15,16)17/h2-6,20H,1H3,(H2,18,19). The van der Waals surface area contributed by atoms with Gasteiger partial charge < -0.3 is 11.1 Å². The molecule has 1 heterocycles. The number of benzene rings is 1. The molecule has 2 rings (SSSR count). The second-order valence-corrected chi connectivity index (χ2v) is 4.16. The number of hydrogen-bond donors (Lipinski definition) is 2. The number of hydrogen-bond acceptors (Lipinski definition) is 3. The molecule has 2 aromatic rings. The summed E-state index contributed by atoms with van der Waals surface area (Å²) in [6.45, 7) is 1.52. The number of aromatic nitrogens is 1. The smallest absolute Gasteiger partial charge is 0.381 e. The topological polar surface area (TPSA) is 50.9 Å². The molecule has 106 valence electrons. The fraction of sp³-hybridized carbons (Fsp3) is 0.154. The van der Waals surface area contributed by atoms with Crippen LogP contribution >= 0.6 is 0 Å². The van der Waals surface area contributed by atoms with Crippen molar-refractivity contribution in [2.45, 2.75) is 13.1 Å². The summed E-state index contributed by atoms with van der Waals surface area (Å²) in [6.07, 6.45) is -4.50. The highest BCUT2D eigenvalue weighted by atomic mass is 19.4. The van der Waals surface area contributed by atoms with E-state index in [1.807, 2.05) is 0 Å². The second-order valence-electron chi connectivity index (χ2n) is 4.16. The van der Waals surface area contributed by atoms with Crippen molar-refractivity contribution in [2.24, 2.45) is 0 Å². The highest BCUT2D eigenvalue weighted by Gasteiger charge is 2.33. The normalized spacial score (nSPS) is 11.4. The van der Waals surface area contributed by atoms with E-state index in [0.29, 0.717) is 5.69 Å². The fourth-order valence-electron chi connectivity index (χ4n) is 1.71. The summed E-state index contributed by atoms with van der Waals surface area (Å²) in [5.41, 5.74) is 4.72. The van der Waals surface area contributed by atoms with E-state index in [-0.39, 0.29) is 17.2 Å². The molecule has 0 aliphatic heterocycles. The molecule has 0 fully saturated rings. The number of rotatable bonds is 2. The molecule has 0 amide bonds. The van der Waals surface area contributed by atoms with Gasteiger partial charge in [-0.3, -0.25) is 0 Å². The first-order valence-corrected chi connectivity index (χ1v) is 5.65. The van der Waals surface area contributed by atoms with Crippen LogP contribution in [0.15, 0.2) is 30.3 Å². The molecule has 3 nitrogen and oxygen atoms in total. The minimum atomic E-state index is -4.50. The predicted octanol–water partition coefficient (Wildman–Crippen LogP) is 3.87. The molecule has 0 unspecified atom stereocenters. The Kier molecular flexibility index (Phi) is 3.52. The first-order chi connectivity index (χ1) is 9.29. The summed E-state index contributed by atoms with van der Waals surface area (Å²) in [6, 6.07) is 5.96. The first-order valence-electron chi connectivity index (χ1n) is 5.65. The van der Waals surface area contributed by atoms with Gasteiger partial charge in [-0.05, 0) is 19.1 Å². The van der Waals surface area contributed by atoms with E-state index in [2.05, 4.69) is 10.3 Å². The Morgan fingerprint density at radius 3 is 2.45 bits per heavy atom. The van der Waals surface area contributed by atoms with Crippen molar-refractivity contribution in [3.8, 4) is 0 Å². The van der Waals surface area contributed by atoms with Crippen molar-refractivity contribution in [3.63, 3.8) is 0 Å². The van der Waals surface area contributed by atoms with Gasteiger partial charge in [0.2, 0.25) is 0 Å². The Morgan fingerprint density at radius 2 is 1.80 bits per heavy atom. The molecule has 1 aromatic carbocycles. The Morgan fingerprint density at radius 1 is 1.15 bits per heavy atom. The monoisotopic (exact) mass is 285 g/mol. The maximum Gasteiger partial charge on any atom is 0.418 e. The lowest BCUT2D eigenvalue weighted by molar-refractivity contribution is -0.136. The summed E-state index contributed by atoms with van der Waals surface area (Å²) in [5, 5.41) is 2.54.